The van der Waals surface area contributed by atoms with Gasteiger partial charge in [-0.05, 0) is 50.5 Å². The molecule has 220 valence electrons. The van der Waals surface area contributed by atoms with E-state index in [1.165, 1.54) is 12.8 Å². The van der Waals surface area contributed by atoms with Crippen molar-refractivity contribution in [3.63, 3.8) is 0 Å². The van der Waals surface area contributed by atoms with E-state index in [9.17, 15) is 9.59 Å². The predicted octanol–water partition coefficient (Wildman–Crippen LogP) is 6.24. The van der Waals surface area contributed by atoms with E-state index in [4.69, 9.17) is 4.74 Å². The van der Waals surface area contributed by atoms with Gasteiger partial charge in [0.25, 0.3) is 0 Å². The van der Waals surface area contributed by atoms with Crippen molar-refractivity contribution in [2.24, 2.45) is 0 Å². The molecule has 0 radical (unpaired) electrons. The Bertz CT molecular complexity index is 1250. The molecule has 1 unspecified atom stereocenters. The summed E-state index contributed by atoms with van der Waals surface area (Å²) >= 11 is 1.66. The molecule has 1 saturated heterocycles. The second-order valence-electron chi connectivity index (χ2n) is 10.6. The van der Waals surface area contributed by atoms with Gasteiger partial charge in [-0.15, -0.1) is 10.2 Å². The van der Waals surface area contributed by atoms with E-state index < -0.39 is 0 Å². The van der Waals surface area contributed by atoms with Crippen LogP contribution in [0.5, 0.6) is 5.75 Å². The van der Waals surface area contributed by atoms with E-state index >= 15 is 0 Å². The van der Waals surface area contributed by atoms with Crippen LogP contribution in [-0.4, -0.2) is 74.9 Å². The van der Waals surface area contributed by atoms with Crippen LogP contribution < -0.4 is 4.74 Å². The van der Waals surface area contributed by atoms with Gasteiger partial charge in [-0.25, -0.2) is 0 Å². The van der Waals surface area contributed by atoms with E-state index in [1.54, 1.807) is 18.9 Å². The van der Waals surface area contributed by atoms with Crippen LogP contribution in [0.2, 0.25) is 0 Å². The highest BCUT2D eigenvalue weighted by Crippen LogP contribution is 2.29. The smallest absolute Gasteiger partial charge is 0.222 e. The molecule has 3 aromatic rings. The number of piperazine rings is 1. The van der Waals surface area contributed by atoms with Crippen molar-refractivity contribution in [3.8, 4) is 22.8 Å². The van der Waals surface area contributed by atoms with Crippen LogP contribution in [0, 0.1) is 0 Å². The average molecular weight is 578 g/mol. The summed E-state index contributed by atoms with van der Waals surface area (Å²) in [7, 11) is 1.66. The van der Waals surface area contributed by atoms with Crippen molar-refractivity contribution < 1.29 is 14.3 Å². The fourth-order valence-electron chi connectivity index (χ4n) is 5.20. The molecule has 1 fully saturated rings. The molecule has 2 heterocycles. The van der Waals surface area contributed by atoms with Crippen molar-refractivity contribution in [3.05, 3.63) is 54.6 Å². The average Bonchev–Trinajstić information content (AvgIpc) is 3.43. The molecule has 2 aromatic carbocycles. The van der Waals surface area contributed by atoms with Gasteiger partial charge < -0.3 is 14.5 Å². The van der Waals surface area contributed by atoms with Crippen LogP contribution in [0.4, 0.5) is 0 Å². The number of nitrogens with zero attached hydrogens (tertiary/aromatic N) is 5. The van der Waals surface area contributed by atoms with Crippen LogP contribution >= 0.6 is 11.8 Å². The van der Waals surface area contributed by atoms with Crippen LogP contribution in [0.25, 0.3) is 17.1 Å². The van der Waals surface area contributed by atoms with Gasteiger partial charge in [0.2, 0.25) is 11.8 Å². The van der Waals surface area contributed by atoms with E-state index in [1.807, 2.05) is 64.4 Å². The Hall–Kier alpha value is -3.33. The highest BCUT2D eigenvalue weighted by atomic mass is 32.2. The van der Waals surface area contributed by atoms with E-state index in [2.05, 4.69) is 28.6 Å². The molecule has 0 spiro atoms. The van der Waals surface area contributed by atoms with E-state index in [0.29, 0.717) is 32.5 Å². The Morgan fingerprint density at radius 2 is 1.63 bits per heavy atom. The Morgan fingerprint density at radius 3 is 2.34 bits per heavy atom. The largest absolute Gasteiger partial charge is 0.497 e. The summed E-state index contributed by atoms with van der Waals surface area (Å²) in [5, 5.41) is 9.85. The minimum atomic E-state index is 0.0741. The minimum absolute atomic E-state index is 0.0741. The molecule has 1 aliphatic heterocycles. The summed E-state index contributed by atoms with van der Waals surface area (Å²) in [4.78, 5) is 29.5. The van der Waals surface area contributed by atoms with Crippen molar-refractivity contribution in [2.45, 2.75) is 76.4 Å². The fraction of sp³-hybridized carbons (Fsp3) is 0.500. The Labute approximate surface area is 248 Å². The normalized spacial score (nSPS) is 15.2. The zero-order valence-electron chi connectivity index (χ0n) is 24.6. The van der Waals surface area contributed by atoms with Crippen molar-refractivity contribution in [1.29, 1.82) is 0 Å². The van der Waals surface area contributed by atoms with Gasteiger partial charge >= 0.3 is 0 Å². The number of thioether (sulfide) groups is 1. The maximum absolute atomic E-state index is 12.9. The SMILES string of the molecule is CCCCCCC(=O)N1CCN(C(=O)CCCCSc2nnc(-c3ccccc3)n2-c2ccc(OC)cc2)CC1C. The van der Waals surface area contributed by atoms with Gasteiger partial charge in [-0.1, -0.05) is 68.3 Å². The quantitative estimate of drug-likeness (QED) is 0.167. The number of unbranched alkanes of at least 4 members (excludes halogenated alkanes) is 4. The summed E-state index contributed by atoms with van der Waals surface area (Å²) < 4.78 is 7.42. The van der Waals surface area contributed by atoms with Gasteiger partial charge in [0.1, 0.15) is 5.75 Å². The molecule has 8 nitrogen and oxygen atoms in total. The molecule has 0 aliphatic carbocycles. The van der Waals surface area contributed by atoms with E-state index in [0.717, 1.165) is 59.4 Å². The molecule has 0 N–H and O–H groups in total. The van der Waals surface area contributed by atoms with Crippen LogP contribution in [0.3, 0.4) is 0 Å². The Balaban J connectivity index is 1.26. The number of methoxy groups -OCH3 is 1. The van der Waals surface area contributed by atoms with Crippen LogP contribution in [-0.2, 0) is 9.59 Å². The standard InChI is InChI=1S/C32H43N5O3S/c1-4-5-6-10-16-30(39)36-22-21-35(24-25(36)2)29(38)15-11-12-23-41-32-34-33-31(26-13-8-7-9-14-26)37(32)27-17-19-28(40-3)20-18-27/h7-9,13-14,17-20,25H,4-6,10-12,15-16,21-24H2,1-3H3. The van der Waals surface area contributed by atoms with Gasteiger partial charge in [-0.2, -0.15) is 0 Å². The Kier molecular flexibility index (Phi) is 11.7. The molecular formula is C32H43N5O3S. The van der Waals surface area contributed by atoms with Crippen molar-refractivity contribution in [2.75, 3.05) is 32.5 Å². The maximum atomic E-state index is 12.9. The number of ether oxygens (including phenoxy) is 1. The lowest BCUT2D eigenvalue weighted by Crippen LogP contribution is -2.55. The molecule has 2 amide bonds. The van der Waals surface area contributed by atoms with Crippen LogP contribution in [0.15, 0.2) is 59.8 Å². The third-order valence-corrected chi connectivity index (χ3v) is 8.57. The van der Waals surface area contributed by atoms with Crippen LogP contribution in [0.1, 0.15) is 65.2 Å². The molecule has 41 heavy (non-hydrogen) atoms. The summed E-state index contributed by atoms with van der Waals surface area (Å²) in [6.45, 7) is 6.13. The minimum Gasteiger partial charge on any atom is -0.497 e. The summed E-state index contributed by atoms with van der Waals surface area (Å²) in [5.41, 5.74) is 1.97. The summed E-state index contributed by atoms with van der Waals surface area (Å²) in [6, 6.07) is 18.0. The molecule has 4 rings (SSSR count). The molecule has 0 saturated carbocycles. The number of hydrogen-bond donors (Lipinski definition) is 0. The second kappa shape index (κ2) is 15.6. The number of carbonyl (C=O) groups excluding carboxylic acids is 2. The zero-order chi connectivity index (χ0) is 29.0. The van der Waals surface area contributed by atoms with Crippen molar-refractivity contribution in [1.82, 2.24) is 24.6 Å². The second-order valence-corrected chi connectivity index (χ2v) is 11.7. The molecule has 1 atom stereocenters. The number of hydrogen-bond acceptors (Lipinski definition) is 6. The first-order chi connectivity index (χ1) is 20.0. The lowest BCUT2D eigenvalue weighted by Gasteiger charge is -2.40. The first kappa shape index (κ1) is 30.6. The number of carbonyl (C=O) groups is 2. The fourth-order valence-corrected chi connectivity index (χ4v) is 6.15. The number of amides is 2. The predicted molar refractivity (Wildman–Crippen MR) is 164 cm³/mol. The zero-order valence-corrected chi connectivity index (χ0v) is 25.4. The highest BCUT2D eigenvalue weighted by molar-refractivity contribution is 7.99. The third-order valence-electron chi connectivity index (χ3n) is 7.56. The van der Waals surface area contributed by atoms with Crippen molar-refractivity contribution >= 4 is 23.6 Å². The number of rotatable bonds is 14. The van der Waals surface area contributed by atoms with E-state index in [-0.39, 0.29) is 17.9 Å². The number of benzene rings is 2. The Morgan fingerprint density at radius 1 is 0.902 bits per heavy atom. The summed E-state index contributed by atoms with van der Waals surface area (Å²) in [5.74, 6) is 2.85. The highest BCUT2D eigenvalue weighted by Gasteiger charge is 2.29. The first-order valence-electron chi connectivity index (χ1n) is 14.9. The lowest BCUT2D eigenvalue weighted by molar-refractivity contribution is -0.142. The first-order valence-corrected chi connectivity index (χ1v) is 15.9. The lowest BCUT2D eigenvalue weighted by atomic mass is 10.1. The van der Waals surface area contributed by atoms with Gasteiger partial charge in [-0.3, -0.25) is 14.2 Å². The maximum Gasteiger partial charge on any atom is 0.222 e. The third kappa shape index (κ3) is 8.35. The molecule has 1 aromatic heterocycles. The van der Waals surface area contributed by atoms with Gasteiger partial charge in [0, 0.05) is 55.5 Å². The number of aromatic nitrogens is 3. The molecule has 9 heteroatoms. The van der Waals surface area contributed by atoms with Gasteiger partial charge in [0.05, 0.1) is 7.11 Å². The molecule has 1 aliphatic rings. The topological polar surface area (TPSA) is 80.6 Å². The monoisotopic (exact) mass is 577 g/mol. The van der Waals surface area contributed by atoms with Gasteiger partial charge in [0.15, 0.2) is 11.0 Å². The molecular weight excluding hydrogens is 534 g/mol. The molecule has 0 bridgehead atoms. The summed E-state index contributed by atoms with van der Waals surface area (Å²) in [6.07, 6.45) is 7.29.